The number of aromatic nitrogens is 1. The topological polar surface area (TPSA) is 59.1 Å². The number of nitrogens with zero attached hydrogens (tertiary/aromatic N) is 1. The molecule has 2 rings (SSSR count). The fourth-order valence-corrected chi connectivity index (χ4v) is 3.05. The molecule has 1 aliphatic rings. The Labute approximate surface area is 107 Å². The van der Waals surface area contributed by atoms with Gasteiger partial charge in [-0.05, 0) is 31.9 Å². The van der Waals surface area contributed by atoms with E-state index in [4.69, 9.17) is 5.73 Å². The van der Waals surface area contributed by atoms with Crippen LogP contribution in [0.3, 0.4) is 0 Å². The van der Waals surface area contributed by atoms with Gasteiger partial charge in [0, 0.05) is 12.0 Å². The summed E-state index contributed by atoms with van der Waals surface area (Å²) in [6.07, 6.45) is 6.29. The Morgan fingerprint density at radius 1 is 1.39 bits per heavy atom. The van der Waals surface area contributed by atoms with Crippen LogP contribution in [0.4, 0.5) is 4.39 Å². The molecule has 0 amide bonds. The maximum atomic E-state index is 12.9. The van der Waals surface area contributed by atoms with Gasteiger partial charge in [0.05, 0.1) is 11.9 Å². The maximum absolute atomic E-state index is 12.9. The van der Waals surface area contributed by atoms with Gasteiger partial charge in [0.25, 0.3) is 0 Å². The van der Waals surface area contributed by atoms with Crippen LogP contribution in [0, 0.1) is 11.2 Å². The highest BCUT2D eigenvalue weighted by Gasteiger charge is 2.48. The number of rotatable bonds is 3. The first-order valence-corrected chi connectivity index (χ1v) is 6.56. The highest BCUT2D eigenvalue weighted by atomic mass is 19.1. The van der Waals surface area contributed by atoms with Crippen molar-refractivity contribution >= 4 is 0 Å². The molecule has 1 heterocycles. The summed E-state index contributed by atoms with van der Waals surface area (Å²) >= 11 is 0. The van der Waals surface area contributed by atoms with Crippen LogP contribution >= 0.6 is 0 Å². The van der Waals surface area contributed by atoms with Crippen molar-refractivity contribution in [1.82, 2.24) is 4.98 Å². The number of pyridine rings is 1. The molecule has 0 radical (unpaired) electrons. The second kappa shape index (κ2) is 4.94. The molecule has 0 aromatic carbocycles. The molecule has 0 saturated heterocycles. The van der Waals surface area contributed by atoms with Gasteiger partial charge in [0.15, 0.2) is 0 Å². The van der Waals surface area contributed by atoms with E-state index >= 15 is 0 Å². The third-order valence-corrected chi connectivity index (χ3v) is 4.46. The van der Waals surface area contributed by atoms with Crippen LogP contribution in [0.15, 0.2) is 18.3 Å². The van der Waals surface area contributed by atoms with Gasteiger partial charge in [-0.2, -0.15) is 0 Å². The van der Waals surface area contributed by atoms with Gasteiger partial charge in [-0.1, -0.05) is 19.3 Å². The van der Waals surface area contributed by atoms with Gasteiger partial charge in [-0.25, -0.2) is 4.39 Å². The Kier molecular flexibility index (Phi) is 3.69. The lowest BCUT2D eigenvalue weighted by molar-refractivity contribution is -0.0949. The summed E-state index contributed by atoms with van der Waals surface area (Å²) in [4.78, 5) is 4.04. The Morgan fingerprint density at radius 3 is 2.56 bits per heavy atom. The van der Waals surface area contributed by atoms with Crippen molar-refractivity contribution in [3.05, 3.63) is 29.8 Å². The van der Waals surface area contributed by atoms with Crippen LogP contribution < -0.4 is 5.73 Å². The number of hydrogen-bond donors (Lipinski definition) is 2. The predicted molar refractivity (Wildman–Crippen MR) is 68.3 cm³/mol. The van der Waals surface area contributed by atoms with Gasteiger partial charge < -0.3 is 10.8 Å². The summed E-state index contributed by atoms with van der Waals surface area (Å²) in [6, 6.07) is 2.89. The summed E-state index contributed by atoms with van der Waals surface area (Å²) in [7, 11) is 0. The fourth-order valence-electron chi connectivity index (χ4n) is 3.05. The van der Waals surface area contributed by atoms with Crippen LogP contribution in [-0.2, 0) is 5.60 Å². The third-order valence-electron chi connectivity index (χ3n) is 4.46. The van der Waals surface area contributed by atoms with E-state index in [1.54, 1.807) is 13.0 Å². The summed E-state index contributed by atoms with van der Waals surface area (Å²) in [6.45, 7) is 2.18. The quantitative estimate of drug-likeness (QED) is 0.868. The summed E-state index contributed by atoms with van der Waals surface area (Å²) in [5.41, 5.74) is 5.00. The summed E-state index contributed by atoms with van der Waals surface area (Å²) in [5, 5.41) is 10.9. The first-order chi connectivity index (χ1) is 8.52. The number of aliphatic hydroxyl groups is 1. The van der Waals surface area contributed by atoms with Crippen molar-refractivity contribution in [2.45, 2.75) is 44.6 Å². The van der Waals surface area contributed by atoms with Crippen molar-refractivity contribution in [3.8, 4) is 0 Å². The minimum absolute atomic E-state index is 0.337. The first-order valence-electron chi connectivity index (χ1n) is 6.56. The molecule has 1 aliphatic carbocycles. The van der Waals surface area contributed by atoms with Crippen molar-refractivity contribution in [1.29, 1.82) is 0 Å². The van der Waals surface area contributed by atoms with Gasteiger partial charge in [0.1, 0.15) is 11.4 Å². The molecule has 0 bridgehead atoms. The van der Waals surface area contributed by atoms with E-state index in [0.29, 0.717) is 12.2 Å². The number of nitrogens with two attached hydrogens (primary N) is 1. The third kappa shape index (κ3) is 2.15. The van der Waals surface area contributed by atoms with E-state index in [1.807, 2.05) is 0 Å². The predicted octanol–water partition coefficient (Wildman–Crippen LogP) is 2.34. The standard InChI is InChI=1S/C14H21FN2O/c1-13(18,12-6-5-11(15)9-17-12)14(10-16)7-3-2-4-8-14/h5-6,9,18H,2-4,7-8,10,16H2,1H3. The molecular weight excluding hydrogens is 231 g/mol. The molecule has 1 saturated carbocycles. The minimum atomic E-state index is -1.10. The highest BCUT2D eigenvalue weighted by Crippen LogP contribution is 2.48. The summed E-state index contributed by atoms with van der Waals surface area (Å²) in [5.74, 6) is -0.389. The molecule has 4 heteroatoms. The first kappa shape index (κ1) is 13.4. The zero-order valence-electron chi connectivity index (χ0n) is 10.8. The number of hydrogen-bond acceptors (Lipinski definition) is 3. The molecule has 1 aromatic heterocycles. The lowest BCUT2D eigenvalue weighted by Crippen LogP contribution is -2.50. The minimum Gasteiger partial charge on any atom is -0.383 e. The van der Waals surface area contributed by atoms with Crippen molar-refractivity contribution in [3.63, 3.8) is 0 Å². The molecule has 18 heavy (non-hydrogen) atoms. The van der Waals surface area contributed by atoms with E-state index < -0.39 is 5.60 Å². The average molecular weight is 252 g/mol. The zero-order valence-corrected chi connectivity index (χ0v) is 10.8. The fraction of sp³-hybridized carbons (Fsp3) is 0.643. The second-order valence-electron chi connectivity index (χ2n) is 5.48. The van der Waals surface area contributed by atoms with Gasteiger partial charge in [0.2, 0.25) is 0 Å². The van der Waals surface area contributed by atoms with Crippen molar-refractivity contribution in [2.24, 2.45) is 11.1 Å². The molecular formula is C14H21FN2O. The van der Waals surface area contributed by atoms with Crippen molar-refractivity contribution < 1.29 is 9.50 Å². The Morgan fingerprint density at radius 2 is 2.06 bits per heavy atom. The SMILES string of the molecule is CC(O)(c1ccc(F)cn1)C1(CN)CCCCC1. The molecule has 3 nitrogen and oxygen atoms in total. The van der Waals surface area contributed by atoms with Crippen LogP contribution in [0.5, 0.6) is 0 Å². The molecule has 1 atom stereocenters. The molecule has 1 aromatic rings. The van der Waals surface area contributed by atoms with Crippen molar-refractivity contribution in [2.75, 3.05) is 6.54 Å². The van der Waals surface area contributed by atoms with E-state index in [9.17, 15) is 9.50 Å². The van der Waals surface area contributed by atoms with Crippen LogP contribution in [0.2, 0.25) is 0 Å². The van der Waals surface area contributed by atoms with E-state index in [0.717, 1.165) is 31.9 Å². The number of halogens is 1. The van der Waals surface area contributed by atoms with E-state index in [-0.39, 0.29) is 11.2 Å². The average Bonchev–Trinajstić information content (AvgIpc) is 2.40. The van der Waals surface area contributed by atoms with Gasteiger partial charge >= 0.3 is 0 Å². The van der Waals surface area contributed by atoms with Gasteiger partial charge in [-0.3, -0.25) is 4.98 Å². The maximum Gasteiger partial charge on any atom is 0.141 e. The highest BCUT2D eigenvalue weighted by molar-refractivity contribution is 5.18. The van der Waals surface area contributed by atoms with E-state index in [1.165, 1.54) is 12.5 Å². The molecule has 1 unspecified atom stereocenters. The normalized spacial score (nSPS) is 22.4. The van der Waals surface area contributed by atoms with E-state index in [2.05, 4.69) is 4.98 Å². The lowest BCUT2D eigenvalue weighted by atomic mass is 9.62. The molecule has 1 fully saturated rings. The lowest BCUT2D eigenvalue weighted by Gasteiger charge is -2.47. The van der Waals surface area contributed by atoms with Crippen LogP contribution in [0.1, 0.15) is 44.7 Å². The molecule has 3 N–H and O–H groups in total. The van der Waals surface area contributed by atoms with Gasteiger partial charge in [-0.15, -0.1) is 0 Å². The second-order valence-corrected chi connectivity index (χ2v) is 5.48. The zero-order chi connectivity index (χ0) is 13.2. The van der Waals surface area contributed by atoms with Crippen LogP contribution in [-0.4, -0.2) is 16.6 Å². The Balaban J connectivity index is 2.35. The molecule has 0 aliphatic heterocycles. The Bertz CT molecular complexity index is 397. The monoisotopic (exact) mass is 252 g/mol. The molecule has 100 valence electrons. The van der Waals surface area contributed by atoms with Crippen LogP contribution in [0.25, 0.3) is 0 Å². The Hall–Kier alpha value is -1.00. The summed E-state index contributed by atoms with van der Waals surface area (Å²) < 4.78 is 12.9. The largest absolute Gasteiger partial charge is 0.383 e. The molecule has 0 spiro atoms. The smallest absolute Gasteiger partial charge is 0.141 e.